The Morgan fingerprint density at radius 1 is 1.14 bits per heavy atom. The Bertz CT molecular complexity index is 943. The zero-order chi connectivity index (χ0) is 20.1. The monoisotopic (exact) mass is 398 g/mol. The molecule has 0 aromatic heterocycles. The molecule has 7 nitrogen and oxygen atoms in total. The number of methoxy groups -OCH3 is 1. The molecular formula is C20H18N2O5S. The summed E-state index contributed by atoms with van der Waals surface area (Å²) in [6, 6.07) is 14.3. The van der Waals surface area contributed by atoms with Crippen LogP contribution in [0.15, 0.2) is 53.4 Å². The van der Waals surface area contributed by atoms with E-state index in [1.54, 1.807) is 24.3 Å². The van der Waals surface area contributed by atoms with Gasteiger partial charge < -0.3 is 15.2 Å². The summed E-state index contributed by atoms with van der Waals surface area (Å²) >= 11 is 0.893. The quantitative estimate of drug-likeness (QED) is 0.720. The van der Waals surface area contributed by atoms with Gasteiger partial charge in [-0.25, -0.2) is 0 Å². The number of benzene rings is 2. The Balaban J connectivity index is 1.78. The minimum absolute atomic E-state index is 0.228. The number of primary amides is 1. The van der Waals surface area contributed by atoms with E-state index in [2.05, 4.69) is 0 Å². The van der Waals surface area contributed by atoms with Crippen molar-refractivity contribution in [1.82, 2.24) is 4.90 Å². The number of thioether (sulfide) groups is 1. The van der Waals surface area contributed by atoms with Gasteiger partial charge in [0, 0.05) is 0 Å². The van der Waals surface area contributed by atoms with E-state index in [4.69, 9.17) is 15.2 Å². The molecular weight excluding hydrogens is 380 g/mol. The van der Waals surface area contributed by atoms with Crippen molar-refractivity contribution in [2.75, 3.05) is 13.7 Å². The van der Waals surface area contributed by atoms with Crippen LogP contribution >= 0.6 is 11.8 Å². The molecule has 0 bridgehead atoms. The van der Waals surface area contributed by atoms with Gasteiger partial charge in [-0.3, -0.25) is 19.3 Å². The normalized spacial score (nSPS) is 15.2. The Morgan fingerprint density at radius 3 is 2.57 bits per heavy atom. The van der Waals surface area contributed by atoms with Crippen molar-refractivity contribution in [3.05, 3.63) is 64.6 Å². The average Bonchev–Trinajstić information content (AvgIpc) is 2.95. The summed E-state index contributed by atoms with van der Waals surface area (Å²) in [7, 11) is 1.46. The molecule has 0 atom stereocenters. The average molecular weight is 398 g/mol. The second kappa shape index (κ2) is 8.62. The van der Waals surface area contributed by atoms with Gasteiger partial charge in [-0.2, -0.15) is 0 Å². The van der Waals surface area contributed by atoms with E-state index in [9.17, 15) is 14.4 Å². The molecule has 1 saturated heterocycles. The Kier molecular flexibility index (Phi) is 6.00. The maximum Gasteiger partial charge on any atom is 0.293 e. The summed E-state index contributed by atoms with van der Waals surface area (Å²) < 4.78 is 10.5. The summed E-state index contributed by atoms with van der Waals surface area (Å²) in [6.07, 6.45) is 1.62. The van der Waals surface area contributed by atoms with Crippen LogP contribution in [0.5, 0.6) is 11.5 Å². The number of hydrogen-bond acceptors (Lipinski definition) is 6. The van der Waals surface area contributed by atoms with Crippen LogP contribution < -0.4 is 15.2 Å². The molecule has 0 saturated carbocycles. The van der Waals surface area contributed by atoms with Gasteiger partial charge in [0.15, 0.2) is 18.1 Å². The molecule has 8 heteroatoms. The maximum atomic E-state index is 12.6. The van der Waals surface area contributed by atoms with Gasteiger partial charge in [-0.05, 0) is 41.1 Å². The lowest BCUT2D eigenvalue weighted by Crippen LogP contribution is -2.27. The third kappa shape index (κ3) is 4.52. The highest BCUT2D eigenvalue weighted by Gasteiger charge is 2.34. The van der Waals surface area contributed by atoms with Crippen molar-refractivity contribution in [3.8, 4) is 11.5 Å². The maximum absolute atomic E-state index is 12.6. The molecule has 2 aromatic rings. The van der Waals surface area contributed by atoms with E-state index in [0.29, 0.717) is 22.0 Å². The van der Waals surface area contributed by atoms with E-state index in [1.807, 2.05) is 30.3 Å². The number of imide groups is 1. The van der Waals surface area contributed by atoms with E-state index in [0.717, 1.165) is 17.3 Å². The number of hydrogen-bond donors (Lipinski definition) is 1. The van der Waals surface area contributed by atoms with Crippen molar-refractivity contribution in [1.29, 1.82) is 0 Å². The molecule has 2 aromatic carbocycles. The van der Waals surface area contributed by atoms with Crippen LogP contribution in [0, 0.1) is 0 Å². The second-order valence-electron chi connectivity index (χ2n) is 5.92. The zero-order valence-corrected chi connectivity index (χ0v) is 15.9. The number of nitrogens with zero attached hydrogens (tertiary/aromatic N) is 1. The van der Waals surface area contributed by atoms with Crippen LogP contribution in [0.1, 0.15) is 11.1 Å². The first-order chi connectivity index (χ1) is 13.5. The summed E-state index contributed by atoms with van der Waals surface area (Å²) in [6.45, 7) is -0.0415. The summed E-state index contributed by atoms with van der Waals surface area (Å²) in [5.41, 5.74) is 6.62. The highest BCUT2D eigenvalue weighted by Crippen LogP contribution is 2.35. The van der Waals surface area contributed by atoms with Gasteiger partial charge >= 0.3 is 0 Å². The SMILES string of the molecule is COc1cc(/C=C2\SC(=O)N(Cc3ccccc3)C2=O)ccc1OCC(N)=O. The van der Waals surface area contributed by atoms with Crippen molar-refractivity contribution in [2.45, 2.75) is 6.54 Å². The number of carbonyl (C=O) groups excluding carboxylic acids is 3. The van der Waals surface area contributed by atoms with Crippen molar-refractivity contribution >= 4 is 34.9 Å². The highest BCUT2D eigenvalue weighted by molar-refractivity contribution is 8.18. The van der Waals surface area contributed by atoms with Gasteiger partial charge in [0.05, 0.1) is 18.6 Å². The van der Waals surface area contributed by atoms with Crippen LogP contribution in [0.4, 0.5) is 4.79 Å². The van der Waals surface area contributed by atoms with Crippen LogP contribution in [0.2, 0.25) is 0 Å². The number of nitrogens with two attached hydrogens (primary N) is 1. The largest absolute Gasteiger partial charge is 0.493 e. The molecule has 3 rings (SSSR count). The van der Waals surface area contributed by atoms with Crippen molar-refractivity contribution < 1.29 is 23.9 Å². The molecule has 1 fully saturated rings. The first-order valence-electron chi connectivity index (χ1n) is 8.36. The first-order valence-corrected chi connectivity index (χ1v) is 9.18. The number of ether oxygens (including phenoxy) is 2. The van der Waals surface area contributed by atoms with E-state index >= 15 is 0 Å². The fraction of sp³-hybridized carbons (Fsp3) is 0.150. The van der Waals surface area contributed by atoms with E-state index < -0.39 is 5.91 Å². The van der Waals surface area contributed by atoms with Gasteiger partial charge in [-0.15, -0.1) is 0 Å². The topological polar surface area (TPSA) is 98.9 Å². The highest BCUT2D eigenvalue weighted by atomic mass is 32.2. The minimum Gasteiger partial charge on any atom is -0.493 e. The summed E-state index contributed by atoms with van der Waals surface area (Å²) in [5.74, 6) is -0.195. The Morgan fingerprint density at radius 2 is 1.89 bits per heavy atom. The first kappa shape index (κ1) is 19.5. The Hall–Kier alpha value is -3.26. The smallest absolute Gasteiger partial charge is 0.293 e. The third-order valence-electron chi connectivity index (χ3n) is 3.91. The molecule has 0 spiro atoms. The molecule has 0 unspecified atom stereocenters. The second-order valence-corrected chi connectivity index (χ2v) is 6.91. The van der Waals surface area contributed by atoms with E-state index in [-0.39, 0.29) is 24.3 Å². The van der Waals surface area contributed by atoms with Gasteiger partial charge in [-0.1, -0.05) is 36.4 Å². The fourth-order valence-corrected chi connectivity index (χ4v) is 3.43. The molecule has 2 N–H and O–H groups in total. The molecule has 0 aliphatic carbocycles. The Labute approximate surface area is 166 Å². The molecule has 1 aliphatic rings. The van der Waals surface area contributed by atoms with Crippen LogP contribution in [-0.2, 0) is 16.1 Å². The number of amides is 3. The minimum atomic E-state index is -0.599. The lowest BCUT2D eigenvalue weighted by molar-refractivity contribution is -0.123. The van der Waals surface area contributed by atoms with Crippen LogP contribution in [0.3, 0.4) is 0 Å². The third-order valence-corrected chi connectivity index (χ3v) is 4.82. The molecule has 3 amide bonds. The standard InChI is InChI=1S/C20H18N2O5S/c1-26-16-9-14(7-8-15(16)27-12-18(21)23)10-17-19(24)22(20(25)28-17)11-13-5-3-2-4-6-13/h2-10H,11-12H2,1H3,(H2,21,23)/b17-10-. The lowest BCUT2D eigenvalue weighted by Gasteiger charge is -2.12. The molecule has 0 radical (unpaired) electrons. The number of carbonyl (C=O) groups is 3. The molecule has 144 valence electrons. The molecule has 1 aliphatic heterocycles. The molecule has 1 heterocycles. The summed E-state index contributed by atoms with van der Waals surface area (Å²) in [5, 5.41) is -0.312. The predicted molar refractivity (Wildman–Crippen MR) is 106 cm³/mol. The van der Waals surface area contributed by atoms with Gasteiger partial charge in [0.2, 0.25) is 0 Å². The predicted octanol–water partition coefficient (Wildman–Crippen LogP) is 2.80. The van der Waals surface area contributed by atoms with Crippen molar-refractivity contribution in [2.24, 2.45) is 5.73 Å². The molecule has 28 heavy (non-hydrogen) atoms. The fourth-order valence-electron chi connectivity index (χ4n) is 2.60. The lowest BCUT2D eigenvalue weighted by atomic mass is 10.1. The summed E-state index contributed by atoms with van der Waals surface area (Å²) in [4.78, 5) is 37.3. The van der Waals surface area contributed by atoms with Gasteiger partial charge in [0.25, 0.3) is 17.1 Å². The van der Waals surface area contributed by atoms with Crippen LogP contribution in [0.25, 0.3) is 6.08 Å². The van der Waals surface area contributed by atoms with E-state index in [1.165, 1.54) is 12.0 Å². The van der Waals surface area contributed by atoms with Crippen LogP contribution in [-0.4, -0.2) is 35.7 Å². The number of rotatable bonds is 7. The van der Waals surface area contributed by atoms with Crippen molar-refractivity contribution in [3.63, 3.8) is 0 Å². The zero-order valence-electron chi connectivity index (χ0n) is 15.1. The van der Waals surface area contributed by atoms with Gasteiger partial charge in [0.1, 0.15) is 0 Å².